The molecule has 1 N–H and O–H groups in total. The normalized spacial score (nSPS) is 12.0. The van der Waals surface area contributed by atoms with Crippen molar-refractivity contribution < 1.29 is 4.92 Å². The first-order valence-corrected chi connectivity index (χ1v) is 6.89. The Labute approximate surface area is 127 Å². The highest BCUT2D eigenvalue weighted by Gasteiger charge is 2.20. The number of aromatic nitrogens is 1. The SMILES string of the molecule is C#CC(c1ccccc1)c1c(C)[nH]c2ccc([N+](=O)[O-])cc12. The Morgan fingerprint density at radius 3 is 2.59 bits per heavy atom. The van der Waals surface area contributed by atoms with Crippen LogP contribution in [0.15, 0.2) is 48.5 Å². The van der Waals surface area contributed by atoms with Crippen molar-refractivity contribution >= 4 is 16.6 Å². The van der Waals surface area contributed by atoms with Gasteiger partial charge in [0.15, 0.2) is 0 Å². The van der Waals surface area contributed by atoms with E-state index in [1.54, 1.807) is 12.1 Å². The molecule has 0 amide bonds. The largest absolute Gasteiger partial charge is 0.358 e. The average Bonchev–Trinajstić information content (AvgIpc) is 2.85. The fourth-order valence-electron chi connectivity index (χ4n) is 2.81. The van der Waals surface area contributed by atoms with Crippen molar-refractivity contribution in [3.8, 4) is 12.3 Å². The van der Waals surface area contributed by atoms with Crippen LogP contribution in [0.2, 0.25) is 0 Å². The second-order valence-corrected chi connectivity index (χ2v) is 5.16. The second-order valence-electron chi connectivity index (χ2n) is 5.16. The quantitative estimate of drug-likeness (QED) is 0.447. The predicted octanol–water partition coefficient (Wildman–Crippen LogP) is 4.15. The molecule has 4 nitrogen and oxygen atoms in total. The number of hydrogen-bond donors (Lipinski definition) is 1. The number of hydrogen-bond acceptors (Lipinski definition) is 2. The number of nitrogens with one attached hydrogen (secondary N) is 1. The molecule has 0 radical (unpaired) electrons. The fourth-order valence-corrected chi connectivity index (χ4v) is 2.81. The molecule has 1 unspecified atom stereocenters. The van der Waals surface area contributed by atoms with E-state index in [0.717, 1.165) is 27.7 Å². The predicted molar refractivity (Wildman–Crippen MR) is 86.8 cm³/mol. The second kappa shape index (κ2) is 5.38. The minimum absolute atomic E-state index is 0.0663. The van der Waals surface area contributed by atoms with Gasteiger partial charge < -0.3 is 4.98 Å². The van der Waals surface area contributed by atoms with Gasteiger partial charge in [-0.1, -0.05) is 36.3 Å². The van der Waals surface area contributed by atoms with Crippen molar-refractivity contribution in [3.05, 3.63) is 75.5 Å². The van der Waals surface area contributed by atoms with Crippen LogP contribution in [-0.4, -0.2) is 9.91 Å². The summed E-state index contributed by atoms with van der Waals surface area (Å²) in [5.41, 5.74) is 3.78. The number of terminal acetylenes is 1. The number of aryl methyl sites for hydroxylation is 1. The van der Waals surface area contributed by atoms with Gasteiger partial charge in [-0.3, -0.25) is 10.1 Å². The van der Waals surface area contributed by atoms with Gasteiger partial charge in [0.2, 0.25) is 0 Å². The molecule has 22 heavy (non-hydrogen) atoms. The van der Waals surface area contributed by atoms with Gasteiger partial charge in [0.1, 0.15) is 0 Å². The van der Waals surface area contributed by atoms with Gasteiger partial charge in [-0.25, -0.2) is 0 Å². The highest BCUT2D eigenvalue weighted by atomic mass is 16.6. The van der Waals surface area contributed by atoms with E-state index in [1.807, 2.05) is 37.3 Å². The minimum atomic E-state index is -0.390. The van der Waals surface area contributed by atoms with Crippen LogP contribution >= 0.6 is 0 Å². The number of aromatic amines is 1. The van der Waals surface area contributed by atoms with E-state index in [-0.39, 0.29) is 16.5 Å². The topological polar surface area (TPSA) is 58.9 Å². The number of nitro groups is 1. The lowest BCUT2D eigenvalue weighted by molar-refractivity contribution is -0.384. The third kappa shape index (κ3) is 2.23. The summed E-state index contributed by atoms with van der Waals surface area (Å²) in [4.78, 5) is 13.9. The summed E-state index contributed by atoms with van der Waals surface area (Å²) in [6.45, 7) is 1.94. The van der Waals surface area contributed by atoms with Crippen LogP contribution in [0.3, 0.4) is 0 Å². The van der Waals surface area contributed by atoms with E-state index in [1.165, 1.54) is 6.07 Å². The number of nitro benzene ring substituents is 1. The highest BCUT2D eigenvalue weighted by molar-refractivity contribution is 5.88. The number of nitrogens with zero attached hydrogens (tertiary/aromatic N) is 1. The van der Waals surface area contributed by atoms with Crippen molar-refractivity contribution in [2.75, 3.05) is 0 Å². The van der Waals surface area contributed by atoms with Gasteiger partial charge in [-0.2, -0.15) is 0 Å². The Hall–Kier alpha value is -3.06. The summed E-state index contributed by atoms with van der Waals surface area (Å²) < 4.78 is 0. The van der Waals surface area contributed by atoms with Gasteiger partial charge >= 0.3 is 0 Å². The zero-order valence-corrected chi connectivity index (χ0v) is 12.0. The van der Waals surface area contributed by atoms with Crippen LogP contribution in [0.25, 0.3) is 10.9 Å². The van der Waals surface area contributed by atoms with Crippen LogP contribution < -0.4 is 0 Å². The van der Waals surface area contributed by atoms with Crippen molar-refractivity contribution in [3.63, 3.8) is 0 Å². The maximum atomic E-state index is 11.0. The summed E-state index contributed by atoms with van der Waals surface area (Å²) in [7, 11) is 0. The maximum absolute atomic E-state index is 11.0. The fraction of sp³-hybridized carbons (Fsp3) is 0.111. The Bertz CT molecular complexity index is 889. The van der Waals surface area contributed by atoms with E-state index in [0.29, 0.717) is 0 Å². The molecule has 0 bridgehead atoms. The van der Waals surface area contributed by atoms with Crippen molar-refractivity contribution in [2.24, 2.45) is 0 Å². The molecule has 1 atom stereocenters. The van der Waals surface area contributed by atoms with Gasteiger partial charge in [0, 0.05) is 34.3 Å². The molecule has 0 aliphatic rings. The van der Waals surface area contributed by atoms with Crippen LogP contribution in [0.5, 0.6) is 0 Å². The van der Waals surface area contributed by atoms with E-state index in [4.69, 9.17) is 6.42 Å². The first kappa shape index (κ1) is 13.9. The minimum Gasteiger partial charge on any atom is -0.358 e. The lowest BCUT2D eigenvalue weighted by Crippen LogP contribution is -1.99. The number of benzene rings is 2. The summed E-state index contributed by atoms with van der Waals surface area (Å²) in [6, 6.07) is 14.6. The van der Waals surface area contributed by atoms with Gasteiger partial charge in [0.25, 0.3) is 5.69 Å². The maximum Gasteiger partial charge on any atom is 0.270 e. The van der Waals surface area contributed by atoms with Crippen LogP contribution in [0.4, 0.5) is 5.69 Å². The zero-order chi connectivity index (χ0) is 15.7. The molecule has 0 aliphatic carbocycles. The van der Waals surface area contributed by atoms with Crippen molar-refractivity contribution in [2.45, 2.75) is 12.8 Å². The Morgan fingerprint density at radius 2 is 1.95 bits per heavy atom. The average molecular weight is 290 g/mol. The molecule has 0 spiro atoms. The van der Waals surface area contributed by atoms with Crippen molar-refractivity contribution in [1.82, 2.24) is 4.98 Å². The van der Waals surface area contributed by atoms with E-state index in [9.17, 15) is 10.1 Å². The molecule has 0 fully saturated rings. The Kier molecular flexibility index (Phi) is 3.40. The number of non-ortho nitro benzene ring substituents is 1. The molecular weight excluding hydrogens is 276 g/mol. The third-order valence-corrected chi connectivity index (χ3v) is 3.82. The number of H-pyrrole nitrogens is 1. The number of fused-ring (bicyclic) bond motifs is 1. The standard InChI is InChI=1S/C18H14N2O2/c1-3-15(13-7-5-4-6-8-13)18-12(2)19-17-10-9-14(20(21)22)11-16(17)18/h1,4-11,15,19H,2H3. The van der Waals surface area contributed by atoms with Gasteiger partial charge in [0.05, 0.1) is 10.8 Å². The lowest BCUT2D eigenvalue weighted by Gasteiger charge is -2.12. The van der Waals surface area contributed by atoms with E-state index in [2.05, 4.69) is 10.9 Å². The molecule has 0 saturated carbocycles. The molecule has 108 valence electrons. The molecule has 2 aromatic carbocycles. The highest BCUT2D eigenvalue weighted by Crippen LogP contribution is 2.34. The summed E-state index contributed by atoms with van der Waals surface area (Å²) >= 11 is 0. The molecule has 1 heterocycles. The van der Waals surface area contributed by atoms with Crippen LogP contribution in [0.1, 0.15) is 22.7 Å². The first-order chi connectivity index (χ1) is 10.6. The molecule has 4 heteroatoms. The van der Waals surface area contributed by atoms with Crippen molar-refractivity contribution in [1.29, 1.82) is 0 Å². The first-order valence-electron chi connectivity index (χ1n) is 6.89. The zero-order valence-electron chi connectivity index (χ0n) is 12.0. The van der Waals surface area contributed by atoms with Gasteiger partial charge in [-0.05, 0) is 18.6 Å². The Morgan fingerprint density at radius 1 is 1.23 bits per heavy atom. The summed E-state index contributed by atoms with van der Waals surface area (Å²) in [5, 5.41) is 11.8. The number of rotatable bonds is 3. The smallest absolute Gasteiger partial charge is 0.270 e. The third-order valence-electron chi connectivity index (χ3n) is 3.82. The molecule has 1 aromatic heterocycles. The summed E-state index contributed by atoms with van der Waals surface area (Å²) in [5.74, 6) is 2.57. The molecule has 0 aliphatic heterocycles. The van der Waals surface area contributed by atoms with Crippen LogP contribution in [0, 0.1) is 29.4 Å². The molecule has 3 aromatic rings. The van der Waals surface area contributed by atoms with E-state index >= 15 is 0 Å². The molecular formula is C18H14N2O2. The monoisotopic (exact) mass is 290 g/mol. The summed E-state index contributed by atoms with van der Waals surface area (Å²) in [6.07, 6.45) is 5.76. The van der Waals surface area contributed by atoms with Crippen LogP contribution in [-0.2, 0) is 0 Å². The van der Waals surface area contributed by atoms with Gasteiger partial charge in [-0.15, -0.1) is 6.42 Å². The lowest BCUT2D eigenvalue weighted by atomic mass is 9.90. The Balaban J connectivity index is 2.25. The molecule has 3 rings (SSSR count). The molecule has 0 saturated heterocycles. The van der Waals surface area contributed by atoms with E-state index < -0.39 is 0 Å².